The number of imidazole rings is 1. The molecule has 0 bridgehead atoms. The molecule has 1 aliphatic rings. The zero-order valence-electron chi connectivity index (χ0n) is 21.8. The number of unbranched alkanes of at least 4 members (excludes halogenated alkanes) is 1. The van der Waals surface area contributed by atoms with Crippen LogP contribution in [0.4, 0.5) is 4.39 Å². The van der Waals surface area contributed by atoms with E-state index in [0.29, 0.717) is 12.8 Å². The van der Waals surface area contributed by atoms with Crippen LogP contribution in [0.3, 0.4) is 0 Å². The number of carbonyl (C=O) groups is 1. The molecule has 1 aromatic heterocycles. The molecule has 36 heavy (non-hydrogen) atoms. The summed E-state index contributed by atoms with van der Waals surface area (Å²) in [5.74, 6) is 0.533. The lowest BCUT2D eigenvalue weighted by atomic mass is 9.63. The van der Waals surface area contributed by atoms with Crippen LogP contribution in [-0.4, -0.2) is 48.3 Å². The number of aromatic amines is 1. The van der Waals surface area contributed by atoms with Crippen LogP contribution >= 0.6 is 0 Å². The van der Waals surface area contributed by atoms with Crippen molar-refractivity contribution in [1.29, 1.82) is 0 Å². The molecule has 1 aliphatic carbocycles. The van der Waals surface area contributed by atoms with Crippen molar-refractivity contribution in [3.63, 3.8) is 0 Å². The standard InChI is InChI=1S/C29H38FN3O3/c1-19(2)28-22-14-13-21(30)17-20(22)15-16-29(28,36-27(34)18-35-4)25(31-3)11-7-8-12-26-32-23-9-5-6-10-24(23)33-26/h5-6,9-10,13-14,17,19,25,28,31H,7-8,11-12,15-16,18H2,1-4H3,(H,32,33)/t25?,28-,29+/m0/s1. The van der Waals surface area contributed by atoms with Gasteiger partial charge in [0.05, 0.1) is 11.0 Å². The average molecular weight is 496 g/mol. The number of rotatable bonds is 11. The van der Waals surface area contributed by atoms with Gasteiger partial charge < -0.3 is 19.8 Å². The number of methoxy groups -OCH3 is 1. The second-order valence-corrected chi connectivity index (χ2v) is 10.2. The van der Waals surface area contributed by atoms with Crippen LogP contribution in [-0.2, 0) is 27.1 Å². The summed E-state index contributed by atoms with van der Waals surface area (Å²) < 4.78 is 25.5. The first-order chi connectivity index (χ1) is 17.4. The number of esters is 1. The van der Waals surface area contributed by atoms with E-state index in [1.54, 1.807) is 6.07 Å². The van der Waals surface area contributed by atoms with Crippen LogP contribution < -0.4 is 5.32 Å². The van der Waals surface area contributed by atoms with E-state index in [1.165, 1.54) is 13.2 Å². The van der Waals surface area contributed by atoms with Crippen LogP contribution in [0.15, 0.2) is 42.5 Å². The average Bonchev–Trinajstić information content (AvgIpc) is 3.26. The Labute approximate surface area is 213 Å². The SMILES string of the molecule is CNC(CCCCc1nc2ccccc2[nH]1)[C@]1(OC(=O)COC)CCc2cc(F)ccc2[C@@H]1C(C)C. The lowest BCUT2D eigenvalue weighted by Gasteiger charge is -2.50. The number of halogens is 1. The maximum absolute atomic E-state index is 14.0. The first-order valence-electron chi connectivity index (χ1n) is 13.0. The summed E-state index contributed by atoms with van der Waals surface area (Å²) in [6.45, 7) is 4.21. The van der Waals surface area contributed by atoms with Crippen molar-refractivity contribution in [2.75, 3.05) is 20.8 Å². The predicted molar refractivity (Wildman–Crippen MR) is 139 cm³/mol. The van der Waals surface area contributed by atoms with E-state index < -0.39 is 5.60 Å². The highest BCUT2D eigenvalue weighted by Gasteiger charge is 2.52. The molecule has 0 amide bonds. The van der Waals surface area contributed by atoms with E-state index in [1.807, 2.05) is 37.4 Å². The van der Waals surface area contributed by atoms with Gasteiger partial charge in [-0.15, -0.1) is 0 Å². The van der Waals surface area contributed by atoms with Crippen LogP contribution in [0, 0.1) is 11.7 Å². The van der Waals surface area contributed by atoms with Gasteiger partial charge in [-0.3, -0.25) is 0 Å². The smallest absolute Gasteiger partial charge is 0.332 e. The molecule has 1 heterocycles. The number of aryl methyl sites for hydroxylation is 2. The molecular formula is C29H38FN3O3. The van der Waals surface area contributed by atoms with Crippen LogP contribution in [0.2, 0.25) is 0 Å². The fourth-order valence-electron chi connectivity index (χ4n) is 6.10. The summed E-state index contributed by atoms with van der Waals surface area (Å²) in [7, 11) is 3.44. The third-order valence-electron chi connectivity index (χ3n) is 7.52. The molecule has 3 atom stereocenters. The summed E-state index contributed by atoms with van der Waals surface area (Å²) in [4.78, 5) is 20.9. The number of likely N-dealkylation sites (N-methyl/N-ethyl adjacent to an activating group) is 1. The first-order valence-corrected chi connectivity index (χ1v) is 13.0. The minimum absolute atomic E-state index is 0.0559. The van der Waals surface area contributed by atoms with Gasteiger partial charge in [-0.05, 0) is 74.0 Å². The van der Waals surface area contributed by atoms with Crippen LogP contribution in [0.25, 0.3) is 11.0 Å². The van der Waals surface area contributed by atoms with Gasteiger partial charge in [-0.2, -0.15) is 0 Å². The second kappa shape index (κ2) is 11.5. The number of ether oxygens (including phenoxy) is 2. The van der Waals surface area contributed by atoms with Gasteiger partial charge in [0.2, 0.25) is 0 Å². The molecule has 3 aromatic rings. The molecule has 6 nitrogen and oxygen atoms in total. The minimum atomic E-state index is -0.747. The maximum atomic E-state index is 14.0. The molecule has 2 aromatic carbocycles. The Bertz CT molecular complexity index is 1140. The van der Waals surface area contributed by atoms with Crippen molar-refractivity contribution in [3.8, 4) is 0 Å². The topological polar surface area (TPSA) is 76.2 Å². The van der Waals surface area contributed by atoms with E-state index in [-0.39, 0.29) is 36.3 Å². The number of fused-ring (bicyclic) bond motifs is 2. The summed E-state index contributed by atoms with van der Waals surface area (Å²) in [5, 5.41) is 3.49. The normalized spacial score (nSPS) is 20.4. The Kier molecular flexibility index (Phi) is 8.42. The number of nitrogens with one attached hydrogen (secondary N) is 2. The zero-order chi connectivity index (χ0) is 25.7. The molecule has 4 rings (SSSR count). The molecule has 0 radical (unpaired) electrons. The van der Waals surface area contributed by atoms with Gasteiger partial charge in [0.1, 0.15) is 23.8 Å². The van der Waals surface area contributed by atoms with E-state index in [4.69, 9.17) is 14.5 Å². The lowest BCUT2D eigenvalue weighted by Crippen LogP contribution is -2.59. The van der Waals surface area contributed by atoms with Crippen LogP contribution in [0.5, 0.6) is 0 Å². The van der Waals surface area contributed by atoms with Crippen molar-refractivity contribution in [2.24, 2.45) is 5.92 Å². The summed E-state index contributed by atoms with van der Waals surface area (Å²) in [5.41, 5.74) is 3.38. The molecular weight excluding hydrogens is 457 g/mol. The number of benzene rings is 2. The number of hydrogen-bond acceptors (Lipinski definition) is 5. The number of nitrogens with zero attached hydrogens (tertiary/aromatic N) is 1. The molecule has 1 unspecified atom stereocenters. The summed E-state index contributed by atoms with van der Waals surface area (Å²) in [6, 6.07) is 13.0. The number of H-pyrrole nitrogens is 1. The van der Waals surface area contributed by atoms with Crippen molar-refractivity contribution in [3.05, 3.63) is 65.2 Å². The van der Waals surface area contributed by atoms with Gasteiger partial charge in [0.15, 0.2) is 0 Å². The molecule has 0 saturated carbocycles. The van der Waals surface area contributed by atoms with Crippen LogP contribution in [0.1, 0.15) is 62.4 Å². The Morgan fingerprint density at radius 3 is 2.78 bits per heavy atom. The Morgan fingerprint density at radius 1 is 1.25 bits per heavy atom. The third-order valence-corrected chi connectivity index (χ3v) is 7.52. The van der Waals surface area contributed by atoms with Gasteiger partial charge in [0, 0.05) is 25.5 Å². The molecule has 0 aliphatic heterocycles. The lowest BCUT2D eigenvalue weighted by molar-refractivity contribution is -0.175. The monoisotopic (exact) mass is 495 g/mol. The van der Waals surface area contributed by atoms with Gasteiger partial charge in [0.25, 0.3) is 0 Å². The highest BCUT2D eigenvalue weighted by atomic mass is 19.1. The Hall–Kier alpha value is -2.77. The maximum Gasteiger partial charge on any atom is 0.332 e. The fraction of sp³-hybridized carbons (Fsp3) is 0.517. The van der Waals surface area contributed by atoms with Crippen molar-refractivity contribution < 1.29 is 18.7 Å². The second-order valence-electron chi connectivity index (χ2n) is 10.2. The van der Waals surface area contributed by atoms with E-state index >= 15 is 0 Å². The fourth-order valence-corrected chi connectivity index (χ4v) is 6.10. The molecule has 0 spiro atoms. The summed E-state index contributed by atoms with van der Waals surface area (Å²) >= 11 is 0. The number of hydrogen-bond donors (Lipinski definition) is 2. The zero-order valence-corrected chi connectivity index (χ0v) is 21.8. The molecule has 194 valence electrons. The summed E-state index contributed by atoms with van der Waals surface area (Å²) in [6.07, 6.45) is 4.92. The molecule has 7 heteroatoms. The Balaban J connectivity index is 1.55. The van der Waals surface area contributed by atoms with Gasteiger partial charge >= 0.3 is 5.97 Å². The van der Waals surface area contributed by atoms with Crippen molar-refractivity contribution in [1.82, 2.24) is 15.3 Å². The number of para-hydroxylation sites is 2. The van der Waals surface area contributed by atoms with E-state index in [0.717, 1.165) is 53.7 Å². The quantitative estimate of drug-likeness (QED) is 0.278. The van der Waals surface area contributed by atoms with E-state index in [2.05, 4.69) is 24.1 Å². The molecule has 0 fully saturated rings. The number of carbonyl (C=O) groups excluding carboxylic acids is 1. The predicted octanol–water partition coefficient (Wildman–Crippen LogP) is 5.32. The highest BCUT2D eigenvalue weighted by Crippen LogP contribution is 2.49. The van der Waals surface area contributed by atoms with Gasteiger partial charge in [-0.1, -0.05) is 38.5 Å². The first kappa shape index (κ1) is 26.3. The van der Waals surface area contributed by atoms with Crippen molar-refractivity contribution >= 4 is 17.0 Å². The minimum Gasteiger partial charge on any atom is -0.455 e. The van der Waals surface area contributed by atoms with E-state index in [9.17, 15) is 9.18 Å². The Morgan fingerprint density at radius 2 is 2.06 bits per heavy atom. The highest BCUT2D eigenvalue weighted by molar-refractivity contribution is 5.74. The number of aromatic nitrogens is 2. The molecule has 0 saturated heterocycles. The van der Waals surface area contributed by atoms with Gasteiger partial charge in [-0.25, -0.2) is 14.2 Å². The largest absolute Gasteiger partial charge is 0.455 e. The van der Waals surface area contributed by atoms with Crippen molar-refractivity contribution in [2.45, 2.75) is 69.9 Å². The third kappa shape index (κ3) is 5.47. The molecule has 2 N–H and O–H groups in total.